The van der Waals surface area contributed by atoms with E-state index in [1.54, 1.807) is 0 Å². The molecule has 3 heteroatoms. The fourth-order valence-corrected chi connectivity index (χ4v) is 5.57. The molecule has 3 atom stereocenters. The zero-order valence-corrected chi connectivity index (χ0v) is 11.0. The quantitative estimate of drug-likeness (QED) is 0.801. The second-order valence-corrected chi connectivity index (χ2v) is 6.93. The van der Waals surface area contributed by atoms with Gasteiger partial charge in [-0.05, 0) is 43.9 Å². The van der Waals surface area contributed by atoms with Crippen LogP contribution in [0.3, 0.4) is 0 Å². The van der Waals surface area contributed by atoms with E-state index in [9.17, 15) is 0 Å². The van der Waals surface area contributed by atoms with Crippen molar-refractivity contribution in [3.05, 3.63) is 0 Å². The van der Waals surface area contributed by atoms with Crippen molar-refractivity contribution in [2.24, 2.45) is 11.7 Å². The lowest BCUT2D eigenvalue weighted by Gasteiger charge is -2.43. The molecule has 0 aromatic heterocycles. The summed E-state index contributed by atoms with van der Waals surface area (Å²) in [6.45, 7) is 2.20. The molecule has 3 unspecified atom stereocenters. The van der Waals surface area contributed by atoms with Crippen LogP contribution >= 0.6 is 11.8 Å². The molecule has 0 spiro atoms. The van der Waals surface area contributed by atoms with Crippen molar-refractivity contribution in [2.75, 3.05) is 24.6 Å². The Labute approximate surface area is 103 Å². The molecule has 1 saturated carbocycles. The predicted octanol–water partition coefficient (Wildman–Crippen LogP) is 2.09. The summed E-state index contributed by atoms with van der Waals surface area (Å²) in [6, 6.07) is 0.885. The lowest BCUT2D eigenvalue weighted by molar-refractivity contribution is 0.0725. The van der Waals surface area contributed by atoms with Crippen LogP contribution in [0.5, 0.6) is 0 Å². The number of rotatable bonds is 2. The van der Waals surface area contributed by atoms with Gasteiger partial charge >= 0.3 is 0 Å². The standard InChI is InChI=1S/C13H24N2S/c14-9-13(6-8-16-10-13)15-7-5-11-3-1-2-4-12(11)15/h11-12H,1-10,14H2. The molecule has 92 valence electrons. The van der Waals surface area contributed by atoms with E-state index < -0.39 is 0 Å². The molecule has 0 aromatic carbocycles. The van der Waals surface area contributed by atoms with Crippen molar-refractivity contribution in [1.82, 2.24) is 4.90 Å². The molecular formula is C13H24N2S. The van der Waals surface area contributed by atoms with Gasteiger partial charge in [0.15, 0.2) is 0 Å². The number of fused-ring (bicyclic) bond motifs is 1. The van der Waals surface area contributed by atoms with Crippen molar-refractivity contribution < 1.29 is 0 Å². The molecule has 2 N–H and O–H groups in total. The molecule has 2 heterocycles. The van der Waals surface area contributed by atoms with Crippen LogP contribution < -0.4 is 5.73 Å². The van der Waals surface area contributed by atoms with Gasteiger partial charge in [0.2, 0.25) is 0 Å². The van der Waals surface area contributed by atoms with Gasteiger partial charge in [-0.25, -0.2) is 0 Å². The van der Waals surface area contributed by atoms with Crippen LogP contribution in [0.2, 0.25) is 0 Å². The monoisotopic (exact) mass is 240 g/mol. The van der Waals surface area contributed by atoms with Crippen molar-refractivity contribution in [2.45, 2.75) is 50.1 Å². The third-order valence-corrected chi connectivity index (χ3v) is 6.32. The molecule has 2 nitrogen and oxygen atoms in total. The first kappa shape index (κ1) is 11.4. The normalized spacial score (nSPS) is 44.8. The van der Waals surface area contributed by atoms with Gasteiger partial charge in [-0.1, -0.05) is 12.8 Å². The minimum absolute atomic E-state index is 0.376. The Bertz CT molecular complexity index is 250. The zero-order chi connectivity index (χ0) is 11.0. The smallest absolute Gasteiger partial charge is 0.0432 e. The zero-order valence-electron chi connectivity index (χ0n) is 10.2. The highest BCUT2D eigenvalue weighted by Crippen LogP contribution is 2.43. The summed E-state index contributed by atoms with van der Waals surface area (Å²) >= 11 is 2.11. The van der Waals surface area contributed by atoms with Crippen molar-refractivity contribution >= 4 is 11.8 Å². The molecule has 0 bridgehead atoms. The van der Waals surface area contributed by atoms with Crippen molar-refractivity contribution in [3.8, 4) is 0 Å². The Balaban J connectivity index is 1.78. The van der Waals surface area contributed by atoms with Gasteiger partial charge in [0.25, 0.3) is 0 Å². The number of nitrogens with two attached hydrogens (primary N) is 1. The molecule has 3 fully saturated rings. The van der Waals surface area contributed by atoms with Gasteiger partial charge in [-0.3, -0.25) is 4.90 Å². The lowest BCUT2D eigenvalue weighted by atomic mass is 9.83. The number of likely N-dealkylation sites (tertiary alicyclic amines) is 1. The van der Waals surface area contributed by atoms with Crippen LogP contribution in [-0.2, 0) is 0 Å². The lowest BCUT2D eigenvalue weighted by Crippen LogP contribution is -2.57. The Kier molecular flexibility index (Phi) is 3.20. The van der Waals surface area contributed by atoms with Crippen LogP contribution in [0.1, 0.15) is 38.5 Å². The molecule has 0 amide bonds. The molecule has 0 aromatic rings. The highest BCUT2D eigenvalue weighted by Gasteiger charge is 2.47. The average molecular weight is 240 g/mol. The minimum Gasteiger partial charge on any atom is -0.329 e. The highest BCUT2D eigenvalue weighted by atomic mass is 32.2. The molecule has 3 rings (SSSR count). The average Bonchev–Trinajstić information content (AvgIpc) is 2.96. The topological polar surface area (TPSA) is 29.3 Å². The van der Waals surface area contributed by atoms with Crippen molar-refractivity contribution in [1.29, 1.82) is 0 Å². The Morgan fingerprint density at radius 3 is 2.88 bits per heavy atom. The second kappa shape index (κ2) is 4.51. The number of hydrogen-bond acceptors (Lipinski definition) is 3. The van der Waals surface area contributed by atoms with Gasteiger partial charge in [-0.15, -0.1) is 0 Å². The summed E-state index contributed by atoms with van der Waals surface area (Å²) in [5.41, 5.74) is 6.49. The van der Waals surface area contributed by atoms with Gasteiger partial charge in [0, 0.05) is 23.9 Å². The predicted molar refractivity (Wildman–Crippen MR) is 70.8 cm³/mol. The van der Waals surface area contributed by atoms with E-state index >= 15 is 0 Å². The summed E-state index contributed by atoms with van der Waals surface area (Å²) in [4.78, 5) is 2.83. The molecule has 16 heavy (non-hydrogen) atoms. The highest BCUT2D eigenvalue weighted by molar-refractivity contribution is 7.99. The summed E-state index contributed by atoms with van der Waals surface area (Å²) in [5.74, 6) is 3.61. The maximum atomic E-state index is 6.12. The number of thioether (sulfide) groups is 1. The summed E-state index contributed by atoms with van der Waals surface area (Å²) in [6.07, 6.45) is 8.62. The molecule has 1 aliphatic carbocycles. The van der Waals surface area contributed by atoms with Gasteiger partial charge < -0.3 is 5.73 Å². The van der Waals surface area contributed by atoms with E-state index in [0.717, 1.165) is 18.5 Å². The fourth-order valence-electron chi connectivity index (χ4n) is 4.10. The third-order valence-electron chi connectivity index (χ3n) is 5.08. The van der Waals surface area contributed by atoms with E-state index in [4.69, 9.17) is 5.73 Å². The number of hydrogen-bond donors (Lipinski definition) is 1. The summed E-state index contributed by atoms with van der Waals surface area (Å²) in [7, 11) is 0. The first-order chi connectivity index (χ1) is 7.86. The van der Waals surface area contributed by atoms with E-state index in [2.05, 4.69) is 16.7 Å². The van der Waals surface area contributed by atoms with E-state index in [-0.39, 0.29) is 0 Å². The van der Waals surface area contributed by atoms with Crippen LogP contribution in [0.15, 0.2) is 0 Å². The SMILES string of the molecule is NCC1(N2CCC3CCCCC32)CCSC1. The molecule has 3 aliphatic rings. The van der Waals surface area contributed by atoms with Crippen molar-refractivity contribution in [3.63, 3.8) is 0 Å². The van der Waals surface area contributed by atoms with E-state index in [1.807, 2.05) is 0 Å². The Morgan fingerprint density at radius 1 is 1.25 bits per heavy atom. The van der Waals surface area contributed by atoms with E-state index in [1.165, 1.54) is 56.6 Å². The summed E-state index contributed by atoms with van der Waals surface area (Å²) in [5, 5.41) is 0. The number of nitrogens with zero attached hydrogens (tertiary/aromatic N) is 1. The maximum absolute atomic E-state index is 6.12. The van der Waals surface area contributed by atoms with Crippen LogP contribution in [-0.4, -0.2) is 41.1 Å². The first-order valence-electron chi connectivity index (χ1n) is 6.90. The van der Waals surface area contributed by atoms with Gasteiger partial charge in [0.1, 0.15) is 0 Å². The fraction of sp³-hybridized carbons (Fsp3) is 1.00. The largest absolute Gasteiger partial charge is 0.329 e. The first-order valence-corrected chi connectivity index (χ1v) is 8.06. The van der Waals surface area contributed by atoms with Gasteiger partial charge in [0.05, 0.1) is 0 Å². The second-order valence-electron chi connectivity index (χ2n) is 5.83. The molecule has 0 radical (unpaired) electrons. The van der Waals surface area contributed by atoms with Crippen LogP contribution in [0, 0.1) is 5.92 Å². The molecule has 2 aliphatic heterocycles. The van der Waals surface area contributed by atoms with Crippen LogP contribution in [0.4, 0.5) is 0 Å². The Hall–Kier alpha value is 0.270. The third kappa shape index (κ3) is 1.72. The minimum atomic E-state index is 0.376. The Morgan fingerprint density at radius 2 is 2.12 bits per heavy atom. The summed E-state index contributed by atoms with van der Waals surface area (Å²) < 4.78 is 0. The van der Waals surface area contributed by atoms with E-state index in [0.29, 0.717) is 5.54 Å². The molecule has 2 saturated heterocycles. The molecular weight excluding hydrogens is 216 g/mol. The van der Waals surface area contributed by atoms with Gasteiger partial charge in [-0.2, -0.15) is 11.8 Å². The maximum Gasteiger partial charge on any atom is 0.0432 e. The van der Waals surface area contributed by atoms with Crippen LogP contribution in [0.25, 0.3) is 0 Å².